The number of carbonyl (C=O) groups excluding carboxylic acids is 2. The largest absolute Gasteiger partial charge is 0.352 e. The van der Waals surface area contributed by atoms with Gasteiger partial charge in [-0.15, -0.1) is 11.3 Å². The van der Waals surface area contributed by atoms with E-state index in [1.807, 2.05) is 0 Å². The van der Waals surface area contributed by atoms with Crippen molar-refractivity contribution in [1.29, 1.82) is 0 Å². The summed E-state index contributed by atoms with van der Waals surface area (Å²) in [5, 5.41) is 6.01. The molecule has 1 aliphatic rings. The fourth-order valence-electron chi connectivity index (χ4n) is 2.85. The van der Waals surface area contributed by atoms with Gasteiger partial charge in [0.15, 0.2) is 11.4 Å². The van der Waals surface area contributed by atoms with Crippen molar-refractivity contribution in [2.45, 2.75) is 25.7 Å². The summed E-state index contributed by atoms with van der Waals surface area (Å²) in [5.41, 5.74) is 1.83. The average Bonchev–Trinajstić information content (AvgIpc) is 3.11. The minimum Gasteiger partial charge on any atom is -0.352 e. The Kier molecular flexibility index (Phi) is 5.59. The van der Waals surface area contributed by atoms with Gasteiger partial charge in [-0.3, -0.25) is 9.59 Å². The van der Waals surface area contributed by atoms with Crippen LogP contribution < -0.4 is 10.2 Å². The van der Waals surface area contributed by atoms with Crippen molar-refractivity contribution >= 4 is 28.7 Å². The molecule has 0 unspecified atom stereocenters. The number of aldehydes is 1. The van der Waals surface area contributed by atoms with E-state index >= 15 is 0 Å². The lowest BCUT2D eigenvalue weighted by Crippen LogP contribution is -2.29. The first kappa shape index (κ1) is 16.6. The molecule has 6 heteroatoms. The Bertz CT molecular complexity index is 708. The van der Waals surface area contributed by atoms with Crippen molar-refractivity contribution in [1.82, 2.24) is 10.3 Å². The average molecular weight is 343 g/mol. The van der Waals surface area contributed by atoms with E-state index in [4.69, 9.17) is 0 Å². The first-order valence-electron chi connectivity index (χ1n) is 8.29. The van der Waals surface area contributed by atoms with Crippen LogP contribution in [0.15, 0.2) is 29.6 Å². The maximum Gasteiger partial charge on any atom is 0.252 e. The molecule has 0 spiro atoms. The van der Waals surface area contributed by atoms with E-state index in [0.717, 1.165) is 23.9 Å². The zero-order valence-corrected chi connectivity index (χ0v) is 14.3. The van der Waals surface area contributed by atoms with E-state index in [0.29, 0.717) is 30.4 Å². The number of nitrogens with one attached hydrogen (secondary N) is 1. The highest BCUT2D eigenvalue weighted by Crippen LogP contribution is 2.24. The highest BCUT2D eigenvalue weighted by Gasteiger charge is 2.14. The molecule has 0 saturated carbocycles. The topological polar surface area (TPSA) is 62.3 Å². The molecule has 1 amide bonds. The van der Waals surface area contributed by atoms with Crippen molar-refractivity contribution in [2.75, 3.05) is 24.5 Å². The van der Waals surface area contributed by atoms with Crippen LogP contribution in [0.2, 0.25) is 0 Å². The number of hydrogen-bond acceptors (Lipinski definition) is 5. The summed E-state index contributed by atoms with van der Waals surface area (Å²) in [4.78, 5) is 30.2. The van der Waals surface area contributed by atoms with Crippen LogP contribution in [0.25, 0.3) is 0 Å². The van der Waals surface area contributed by atoms with Crippen molar-refractivity contribution in [3.63, 3.8) is 0 Å². The van der Waals surface area contributed by atoms with Gasteiger partial charge < -0.3 is 10.2 Å². The molecule has 1 aliphatic heterocycles. The minimum atomic E-state index is -0.218. The number of hydrogen-bond donors (Lipinski definition) is 1. The monoisotopic (exact) mass is 343 g/mol. The molecular formula is C18H21N3O2S. The Morgan fingerprint density at radius 1 is 1.25 bits per heavy atom. The Hall–Kier alpha value is -2.21. The summed E-state index contributed by atoms with van der Waals surface area (Å²) < 4.78 is 0. The second-order valence-corrected chi connectivity index (χ2v) is 6.72. The summed E-state index contributed by atoms with van der Waals surface area (Å²) in [6, 6.07) is 6.81. The van der Waals surface area contributed by atoms with Crippen LogP contribution >= 0.6 is 11.3 Å². The number of nitrogens with zero attached hydrogens (tertiary/aromatic N) is 2. The van der Waals surface area contributed by atoms with E-state index in [1.54, 1.807) is 35.6 Å². The van der Waals surface area contributed by atoms with Gasteiger partial charge in [0.05, 0.1) is 5.69 Å². The third-order valence-corrected chi connectivity index (χ3v) is 5.12. The van der Waals surface area contributed by atoms with E-state index in [1.165, 1.54) is 19.3 Å². The van der Waals surface area contributed by atoms with Gasteiger partial charge in [-0.2, -0.15) is 0 Å². The number of anilines is 1. The van der Waals surface area contributed by atoms with Gasteiger partial charge in [-0.05, 0) is 25.3 Å². The number of benzene rings is 1. The van der Waals surface area contributed by atoms with Gasteiger partial charge in [0.1, 0.15) is 0 Å². The van der Waals surface area contributed by atoms with E-state index in [-0.39, 0.29) is 5.91 Å². The number of piperidine rings is 1. The van der Waals surface area contributed by atoms with E-state index in [2.05, 4.69) is 20.6 Å². The second kappa shape index (κ2) is 8.06. The third kappa shape index (κ3) is 4.00. The smallest absolute Gasteiger partial charge is 0.252 e. The van der Waals surface area contributed by atoms with Gasteiger partial charge in [-0.1, -0.05) is 18.2 Å². The fourth-order valence-corrected chi connectivity index (χ4v) is 3.76. The first-order chi connectivity index (χ1) is 11.8. The van der Waals surface area contributed by atoms with E-state index in [9.17, 15) is 9.59 Å². The van der Waals surface area contributed by atoms with Crippen LogP contribution in [0.4, 0.5) is 5.13 Å². The van der Waals surface area contributed by atoms with Gasteiger partial charge in [0.25, 0.3) is 5.91 Å². The molecule has 5 nitrogen and oxygen atoms in total. The zero-order chi connectivity index (χ0) is 16.8. The van der Waals surface area contributed by atoms with Crippen molar-refractivity contribution < 1.29 is 9.59 Å². The Labute approximate surface area is 145 Å². The zero-order valence-electron chi connectivity index (χ0n) is 13.5. The molecule has 2 heterocycles. The predicted octanol–water partition coefficient (Wildman–Crippen LogP) is 2.92. The number of thiazole rings is 1. The lowest BCUT2D eigenvalue weighted by Gasteiger charge is -2.25. The molecule has 0 aliphatic carbocycles. The molecule has 0 radical (unpaired) electrons. The number of rotatable bonds is 6. The van der Waals surface area contributed by atoms with Crippen LogP contribution in [-0.4, -0.2) is 36.8 Å². The first-order valence-corrected chi connectivity index (χ1v) is 9.17. The molecule has 126 valence electrons. The van der Waals surface area contributed by atoms with Gasteiger partial charge >= 0.3 is 0 Å². The molecule has 24 heavy (non-hydrogen) atoms. The quantitative estimate of drug-likeness (QED) is 0.819. The lowest BCUT2D eigenvalue weighted by atomic mass is 10.1. The molecular weight excluding hydrogens is 322 g/mol. The molecule has 3 rings (SSSR count). The molecule has 0 atom stereocenters. The van der Waals surface area contributed by atoms with Crippen LogP contribution in [0, 0.1) is 0 Å². The van der Waals surface area contributed by atoms with Crippen molar-refractivity contribution in [2.24, 2.45) is 0 Å². The Balaban J connectivity index is 1.52. The second-order valence-electron chi connectivity index (χ2n) is 5.88. The summed E-state index contributed by atoms with van der Waals surface area (Å²) >= 11 is 1.67. The SMILES string of the molecule is O=Cc1ccccc1C(=O)NCCc1csc(N2CCCCC2)n1. The van der Waals surface area contributed by atoms with Crippen LogP contribution in [-0.2, 0) is 6.42 Å². The minimum absolute atomic E-state index is 0.218. The maximum atomic E-state index is 12.2. The summed E-state index contributed by atoms with van der Waals surface area (Å²) in [6.45, 7) is 2.69. The molecule has 2 aromatic rings. The Morgan fingerprint density at radius 3 is 2.83 bits per heavy atom. The van der Waals surface area contributed by atoms with Crippen molar-refractivity contribution in [3.05, 3.63) is 46.5 Å². The maximum absolute atomic E-state index is 12.2. The molecule has 1 N–H and O–H groups in total. The number of amides is 1. The molecule has 1 aromatic carbocycles. The molecule has 0 bridgehead atoms. The predicted molar refractivity (Wildman–Crippen MR) is 96.0 cm³/mol. The molecule has 1 fully saturated rings. The summed E-state index contributed by atoms with van der Waals surface area (Å²) in [6.07, 6.45) is 5.19. The highest BCUT2D eigenvalue weighted by atomic mass is 32.1. The standard InChI is InChI=1S/C18H21N3O2S/c22-12-14-6-2-3-7-16(14)17(23)19-9-8-15-13-24-18(20-15)21-10-4-1-5-11-21/h2-3,6-7,12-13H,1,4-5,8-11H2,(H,19,23). The van der Waals surface area contributed by atoms with Crippen LogP contribution in [0.1, 0.15) is 45.7 Å². The highest BCUT2D eigenvalue weighted by molar-refractivity contribution is 7.13. The van der Waals surface area contributed by atoms with Gasteiger partial charge in [0.2, 0.25) is 0 Å². The van der Waals surface area contributed by atoms with Crippen LogP contribution in [0.3, 0.4) is 0 Å². The lowest BCUT2D eigenvalue weighted by molar-refractivity contribution is 0.0948. The normalized spacial score (nSPS) is 14.4. The molecule has 1 aromatic heterocycles. The number of carbonyl (C=O) groups is 2. The van der Waals surface area contributed by atoms with Crippen molar-refractivity contribution in [3.8, 4) is 0 Å². The fraction of sp³-hybridized carbons (Fsp3) is 0.389. The Morgan fingerprint density at radius 2 is 2.04 bits per heavy atom. The third-order valence-electron chi connectivity index (χ3n) is 4.17. The molecule has 1 saturated heterocycles. The van der Waals surface area contributed by atoms with Gasteiger partial charge in [-0.25, -0.2) is 4.98 Å². The van der Waals surface area contributed by atoms with Gasteiger partial charge in [0, 0.05) is 42.6 Å². The number of aromatic nitrogens is 1. The summed E-state index contributed by atoms with van der Waals surface area (Å²) in [7, 11) is 0. The summed E-state index contributed by atoms with van der Waals surface area (Å²) in [5.74, 6) is -0.218. The van der Waals surface area contributed by atoms with Crippen LogP contribution in [0.5, 0.6) is 0 Å². The van der Waals surface area contributed by atoms with E-state index < -0.39 is 0 Å².